The monoisotopic (exact) mass is 358 g/mol. The van der Waals surface area contributed by atoms with E-state index in [2.05, 4.69) is 0 Å². The van der Waals surface area contributed by atoms with Gasteiger partial charge in [-0.1, -0.05) is 19.8 Å². The summed E-state index contributed by atoms with van der Waals surface area (Å²) in [7, 11) is 0. The van der Waals surface area contributed by atoms with Gasteiger partial charge in [0.15, 0.2) is 0 Å². The summed E-state index contributed by atoms with van der Waals surface area (Å²) in [4.78, 5) is 41.9. The largest absolute Gasteiger partial charge is 0.481 e. The molecular formula is C17H30N2O6. The van der Waals surface area contributed by atoms with E-state index in [-0.39, 0.29) is 29.6 Å². The molecular weight excluding hydrogens is 328 g/mol. The third-order valence-electron chi connectivity index (χ3n) is 4.47. The van der Waals surface area contributed by atoms with E-state index >= 15 is 0 Å². The molecule has 8 heteroatoms. The molecule has 0 bridgehead atoms. The standard InChI is InChI=1S/C9H18N2O2.C8H12O4/c1-7(9(11)13)5-3-2-4-6-8(10)12;9-7(10)5-1-2-6(4-3-5)8(11)12/h7H,2-6H2,1H3,(H2,10,12)(H2,11,13);5-6H,1-4H2,(H,9,10)(H,11,12). The molecule has 0 saturated heterocycles. The fourth-order valence-corrected chi connectivity index (χ4v) is 2.66. The zero-order valence-electron chi connectivity index (χ0n) is 14.8. The summed E-state index contributed by atoms with van der Waals surface area (Å²) in [5, 5.41) is 17.2. The molecule has 1 rings (SSSR count). The minimum Gasteiger partial charge on any atom is -0.481 e. The molecule has 1 atom stereocenters. The van der Waals surface area contributed by atoms with E-state index in [9.17, 15) is 19.2 Å². The summed E-state index contributed by atoms with van der Waals surface area (Å²) in [5.41, 5.74) is 10.1. The number of hydrogen-bond acceptors (Lipinski definition) is 4. The van der Waals surface area contributed by atoms with E-state index in [1.165, 1.54) is 0 Å². The Morgan fingerprint density at radius 2 is 1.32 bits per heavy atom. The van der Waals surface area contributed by atoms with Gasteiger partial charge in [0.2, 0.25) is 11.8 Å². The number of rotatable bonds is 9. The van der Waals surface area contributed by atoms with Gasteiger partial charge in [-0.15, -0.1) is 0 Å². The van der Waals surface area contributed by atoms with Crippen molar-refractivity contribution in [3.8, 4) is 0 Å². The normalized spacial score (nSPS) is 20.7. The highest BCUT2D eigenvalue weighted by Crippen LogP contribution is 2.28. The highest BCUT2D eigenvalue weighted by molar-refractivity contribution is 5.76. The van der Waals surface area contributed by atoms with Crippen LogP contribution in [0.5, 0.6) is 0 Å². The van der Waals surface area contributed by atoms with Crippen LogP contribution < -0.4 is 11.5 Å². The van der Waals surface area contributed by atoms with Crippen molar-refractivity contribution in [3.05, 3.63) is 0 Å². The van der Waals surface area contributed by atoms with Crippen LogP contribution in [0.3, 0.4) is 0 Å². The molecule has 25 heavy (non-hydrogen) atoms. The lowest BCUT2D eigenvalue weighted by molar-refractivity contribution is -0.148. The number of hydrogen-bond donors (Lipinski definition) is 4. The first-order valence-electron chi connectivity index (χ1n) is 8.68. The maximum Gasteiger partial charge on any atom is 0.306 e. The van der Waals surface area contributed by atoms with Crippen molar-refractivity contribution < 1.29 is 29.4 Å². The van der Waals surface area contributed by atoms with E-state index in [4.69, 9.17) is 21.7 Å². The van der Waals surface area contributed by atoms with Crippen LogP contribution in [0.2, 0.25) is 0 Å². The zero-order chi connectivity index (χ0) is 19.4. The molecule has 0 spiro atoms. The molecule has 6 N–H and O–H groups in total. The topological polar surface area (TPSA) is 161 Å². The summed E-state index contributed by atoms with van der Waals surface area (Å²) >= 11 is 0. The van der Waals surface area contributed by atoms with Gasteiger partial charge in [0, 0.05) is 12.3 Å². The van der Waals surface area contributed by atoms with Gasteiger partial charge in [-0.3, -0.25) is 19.2 Å². The number of carboxylic acids is 2. The summed E-state index contributed by atoms with van der Waals surface area (Å²) < 4.78 is 0. The number of aliphatic carboxylic acids is 2. The number of unbranched alkanes of at least 4 members (excludes halogenated alkanes) is 2. The van der Waals surface area contributed by atoms with Gasteiger partial charge in [0.05, 0.1) is 11.8 Å². The van der Waals surface area contributed by atoms with E-state index < -0.39 is 11.9 Å². The number of carboxylic acid groups (broad SMARTS) is 2. The average molecular weight is 358 g/mol. The molecule has 0 heterocycles. The fourth-order valence-electron chi connectivity index (χ4n) is 2.66. The lowest BCUT2D eigenvalue weighted by Gasteiger charge is -2.22. The van der Waals surface area contributed by atoms with Crippen LogP contribution in [-0.2, 0) is 19.2 Å². The molecule has 0 aromatic carbocycles. The molecule has 8 nitrogen and oxygen atoms in total. The highest BCUT2D eigenvalue weighted by Gasteiger charge is 2.29. The number of carbonyl (C=O) groups excluding carboxylic acids is 2. The third kappa shape index (κ3) is 11.1. The summed E-state index contributed by atoms with van der Waals surface area (Å²) in [6.45, 7) is 1.82. The van der Waals surface area contributed by atoms with Crippen molar-refractivity contribution in [1.82, 2.24) is 0 Å². The molecule has 0 aromatic rings. The Balaban J connectivity index is 0.000000462. The van der Waals surface area contributed by atoms with E-state index in [0.717, 1.165) is 25.7 Å². The Kier molecular flexibility index (Phi) is 11.2. The molecule has 1 saturated carbocycles. The first-order chi connectivity index (χ1) is 11.6. The molecule has 1 aliphatic rings. The lowest BCUT2D eigenvalue weighted by Crippen LogP contribution is -2.25. The quantitative estimate of drug-likeness (QED) is 0.457. The first-order valence-corrected chi connectivity index (χ1v) is 8.68. The predicted molar refractivity (Wildman–Crippen MR) is 91.4 cm³/mol. The third-order valence-corrected chi connectivity index (χ3v) is 4.47. The van der Waals surface area contributed by atoms with Crippen LogP contribution in [0, 0.1) is 17.8 Å². The van der Waals surface area contributed by atoms with Crippen molar-refractivity contribution in [2.75, 3.05) is 0 Å². The van der Waals surface area contributed by atoms with E-state index in [1.54, 1.807) is 0 Å². The molecule has 0 radical (unpaired) electrons. The molecule has 2 amide bonds. The van der Waals surface area contributed by atoms with Gasteiger partial charge < -0.3 is 21.7 Å². The van der Waals surface area contributed by atoms with Crippen LogP contribution in [-0.4, -0.2) is 34.0 Å². The fraction of sp³-hybridized carbons (Fsp3) is 0.765. The van der Waals surface area contributed by atoms with Gasteiger partial charge in [0.1, 0.15) is 0 Å². The van der Waals surface area contributed by atoms with Gasteiger partial charge in [-0.05, 0) is 38.5 Å². The average Bonchev–Trinajstić information content (AvgIpc) is 2.54. The number of amides is 2. The van der Waals surface area contributed by atoms with Crippen molar-refractivity contribution in [3.63, 3.8) is 0 Å². The van der Waals surface area contributed by atoms with Crippen LogP contribution >= 0.6 is 0 Å². The van der Waals surface area contributed by atoms with Crippen molar-refractivity contribution in [2.45, 2.75) is 64.7 Å². The van der Waals surface area contributed by atoms with Gasteiger partial charge in [-0.25, -0.2) is 0 Å². The zero-order valence-corrected chi connectivity index (χ0v) is 14.8. The molecule has 1 fully saturated rings. The maximum absolute atomic E-state index is 10.6. The molecule has 0 aromatic heterocycles. The smallest absolute Gasteiger partial charge is 0.306 e. The molecule has 0 aliphatic heterocycles. The second-order valence-electron chi connectivity index (χ2n) is 6.59. The SMILES string of the molecule is CC(CCCCCC(N)=O)C(N)=O.O=C(O)C1CCC(C(=O)O)CC1. The molecule has 1 unspecified atom stereocenters. The van der Waals surface area contributed by atoms with Crippen molar-refractivity contribution in [1.29, 1.82) is 0 Å². The Bertz CT molecular complexity index is 436. The minimum absolute atomic E-state index is 0.0615. The molecule has 1 aliphatic carbocycles. The highest BCUT2D eigenvalue weighted by atomic mass is 16.4. The number of nitrogens with two attached hydrogens (primary N) is 2. The Hall–Kier alpha value is -2.12. The van der Waals surface area contributed by atoms with Crippen molar-refractivity contribution in [2.24, 2.45) is 29.2 Å². The number of primary amides is 2. The Morgan fingerprint density at radius 3 is 1.64 bits per heavy atom. The van der Waals surface area contributed by atoms with Gasteiger partial charge in [-0.2, -0.15) is 0 Å². The summed E-state index contributed by atoms with van der Waals surface area (Å²) in [6, 6.07) is 0. The summed E-state index contributed by atoms with van der Waals surface area (Å²) in [6.07, 6.45) is 5.93. The Morgan fingerprint density at radius 1 is 0.880 bits per heavy atom. The van der Waals surface area contributed by atoms with Crippen LogP contribution in [0.25, 0.3) is 0 Å². The van der Waals surface area contributed by atoms with E-state index in [0.29, 0.717) is 32.1 Å². The summed E-state index contributed by atoms with van der Waals surface area (Å²) in [5.74, 6) is -2.80. The van der Waals surface area contributed by atoms with Crippen LogP contribution in [0.4, 0.5) is 0 Å². The predicted octanol–water partition coefficient (Wildman–Crippen LogP) is 1.51. The number of carbonyl (C=O) groups is 4. The first kappa shape index (κ1) is 22.9. The van der Waals surface area contributed by atoms with Crippen LogP contribution in [0.15, 0.2) is 0 Å². The maximum atomic E-state index is 10.6. The minimum atomic E-state index is -0.793. The second-order valence-corrected chi connectivity index (χ2v) is 6.59. The van der Waals surface area contributed by atoms with Crippen LogP contribution in [0.1, 0.15) is 64.7 Å². The van der Waals surface area contributed by atoms with Gasteiger partial charge in [0.25, 0.3) is 0 Å². The second kappa shape index (κ2) is 12.3. The van der Waals surface area contributed by atoms with E-state index in [1.807, 2.05) is 6.92 Å². The molecule has 144 valence electrons. The van der Waals surface area contributed by atoms with Crippen molar-refractivity contribution >= 4 is 23.8 Å². The lowest BCUT2D eigenvalue weighted by atomic mass is 9.82. The Labute approximate surface area is 147 Å². The van der Waals surface area contributed by atoms with Gasteiger partial charge >= 0.3 is 11.9 Å².